The minimum atomic E-state index is -3.68. The molecule has 3 aromatic rings. The van der Waals surface area contributed by atoms with Gasteiger partial charge in [0.1, 0.15) is 5.75 Å². The van der Waals surface area contributed by atoms with Crippen LogP contribution in [0.25, 0.3) is 0 Å². The average Bonchev–Trinajstić information content (AvgIpc) is 2.80. The second-order valence-electron chi connectivity index (χ2n) is 7.43. The van der Waals surface area contributed by atoms with Crippen molar-refractivity contribution < 1.29 is 17.9 Å². The van der Waals surface area contributed by atoms with E-state index in [1.54, 1.807) is 49.6 Å². The smallest absolute Gasteiger partial charge is 0.261 e. The highest BCUT2D eigenvalue weighted by Crippen LogP contribution is 2.27. The van der Waals surface area contributed by atoms with Gasteiger partial charge >= 0.3 is 0 Å². The molecule has 0 saturated heterocycles. The molecule has 1 atom stereocenters. The number of amides is 1. The first-order valence-corrected chi connectivity index (χ1v) is 11.6. The van der Waals surface area contributed by atoms with Gasteiger partial charge in [0.05, 0.1) is 18.0 Å². The zero-order valence-corrected chi connectivity index (χ0v) is 19.1. The van der Waals surface area contributed by atoms with Crippen LogP contribution in [-0.2, 0) is 10.0 Å². The Balaban J connectivity index is 1.66. The summed E-state index contributed by atoms with van der Waals surface area (Å²) in [5, 5.41) is 2.95. The summed E-state index contributed by atoms with van der Waals surface area (Å²) >= 11 is 0. The second-order valence-corrected chi connectivity index (χ2v) is 9.11. The fourth-order valence-electron chi connectivity index (χ4n) is 3.31. The van der Waals surface area contributed by atoms with E-state index in [1.807, 2.05) is 43.3 Å². The number of benzene rings is 3. The van der Waals surface area contributed by atoms with E-state index in [1.165, 1.54) is 12.1 Å². The second kappa shape index (κ2) is 10.3. The minimum absolute atomic E-state index is 0.0768. The maximum absolute atomic E-state index is 12.7. The summed E-state index contributed by atoms with van der Waals surface area (Å²) in [7, 11) is 1.82. The number of sulfonamides is 1. The summed E-state index contributed by atoms with van der Waals surface area (Å²) in [6.45, 7) is 0.384. The van der Waals surface area contributed by atoms with Crippen LogP contribution in [0.15, 0.2) is 83.8 Å². The van der Waals surface area contributed by atoms with Crippen LogP contribution < -0.4 is 14.8 Å². The standard InChI is InChI=1S/C24H27N3O4S/c1-27(2)22(21-11-7-8-12-23(21)31-3)17-25-24(28)18-13-15-19(16-14-18)26-32(29,30)20-9-5-4-6-10-20/h4-16,22,26H,17H2,1-3H3,(H,25,28). The van der Waals surface area contributed by atoms with Gasteiger partial charge < -0.3 is 15.0 Å². The molecular weight excluding hydrogens is 426 g/mol. The Morgan fingerprint density at radius 1 is 0.938 bits per heavy atom. The highest BCUT2D eigenvalue weighted by atomic mass is 32.2. The van der Waals surface area contributed by atoms with E-state index in [0.717, 1.165) is 11.3 Å². The molecular formula is C24H27N3O4S. The first-order chi connectivity index (χ1) is 15.3. The summed E-state index contributed by atoms with van der Waals surface area (Å²) < 4.78 is 32.9. The number of hydrogen-bond donors (Lipinski definition) is 2. The largest absolute Gasteiger partial charge is 0.496 e. The van der Waals surface area contributed by atoms with Gasteiger partial charge in [0.25, 0.3) is 15.9 Å². The number of hydrogen-bond acceptors (Lipinski definition) is 5. The van der Waals surface area contributed by atoms with E-state index >= 15 is 0 Å². The van der Waals surface area contributed by atoms with Gasteiger partial charge in [0, 0.05) is 23.4 Å². The summed E-state index contributed by atoms with van der Waals surface area (Å²) in [5.41, 5.74) is 1.79. The highest BCUT2D eigenvalue weighted by molar-refractivity contribution is 7.92. The van der Waals surface area contributed by atoms with Crippen LogP contribution in [0, 0.1) is 0 Å². The molecule has 3 aromatic carbocycles. The van der Waals surface area contributed by atoms with Crippen molar-refractivity contribution in [3.05, 3.63) is 90.0 Å². The molecule has 0 aliphatic carbocycles. The Labute approximate surface area is 189 Å². The Kier molecular flexibility index (Phi) is 7.50. The van der Waals surface area contributed by atoms with Gasteiger partial charge in [-0.3, -0.25) is 9.52 Å². The number of nitrogens with one attached hydrogen (secondary N) is 2. The highest BCUT2D eigenvalue weighted by Gasteiger charge is 2.19. The first kappa shape index (κ1) is 23.3. The molecule has 7 nitrogen and oxygen atoms in total. The number of methoxy groups -OCH3 is 1. The maximum Gasteiger partial charge on any atom is 0.261 e. The zero-order valence-electron chi connectivity index (χ0n) is 18.3. The molecule has 168 valence electrons. The third-order valence-corrected chi connectivity index (χ3v) is 6.43. The Morgan fingerprint density at radius 3 is 2.19 bits per heavy atom. The molecule has 0 aromatic heterocycles. The number of carbonyl (C=O) groups excluding carboxylic acids is 1. The Bertz CT molecular complexity index is 1150. The quantitative estimate of drug-likeness (QED) is 0.518. The molecule has 0 aliphatic heterocycles. The van der Waals surface area contributed by atoms with Gasteiger partial charge in [0.15, 0.2) is 0 Å². The molecule has 1 unspecified atom stereocenters. The number of carbonyl (C=O) groups is 1. The van der Waals surface area contributed by atoms with Gasteiger partial charge in [-0.1, -0.05) is 36.4 Å². The van der Waals surface area contributed by atoms with Crippen LogP contribution in [0.4, 0.5) is 5.69 Å². The summed E-state index contributed by atoms with van der Waals surface area (Å²) in [5.74, 6) is 0.514. The van der Waals surface area contributed by atoms with Crippen molar-refractivity contribution in [1.29, 1.82) is 0 Å². The van der Waals surface area contributed by atoms with Crippen LogP contribution in [0.3, 0.4) is 0 Å². The van der Waals surface area contributed by atoms with E-state index in [4.69, 9.17) is 4.74 Å². The van der Waals surface area contributed by atoms with E-state index in [0.29, 0.717) is 17.8 Å². The lowest BCUT2D eigenvalue weighted by Crippen LogP contribution is -2.34. The van der Waals surface area contributed by atoms with Crippen molar-refractivity contribution in [3.63, 3.8) is 0 Å². The number of nitrogens with zero attached hydrogens (tertiary/aromatic N) is 1. The molecule has 8 heteroatoms. The van der Waals surface area contributed by atoms with Gasteiger partial charge in [-0.05, 0) is 56.6 Å². The Morgan fingerprint density at radius 2 is 1.56 bits per heavy atom. The van der Waals surface area contributed by atoms with Crippen molar-refractivity contribution in [2.45, 2.75) is 10.9 Å². The van der Waals surface area contributed by atoms with E-state index in [-0.39, 0.29) is 16.8 Å². The topological polar surface area (TPSA) is 87.7 Å². The average molecular weight is 454 g/mol. The molecule has 1 amide bonds. The van der Waals surface area contributed by atoms with Crippen LogP contribution in [0.2, 0.25) is 0 Å². The van der Waals surface area contributed by atoms with Crippen molar-refractivity contribution >= 4 is 21.6 Å². The Hall–Kier alpha value is -3.36. The first-order valence-electron chi connectivity index (χ1n) is 10.1. The lowest BCUT2D eigenvalue weighted by Gasteiger charge is -2.26. The lowest BCUT2D eigenvalue weighted by atomic mass is 10.0. The van der Waals surface area contributed by atoms with E-state index in [2.05, 4.69) is 10.0 Å². The fourth-order valence-corrected chi connectivity index (χ4v) is 4.39. The summed E-state index contributed by atoms with van der Waals surface area (Å²) in [6, 6.07) is 22.1. The van der Waals surface area contributed by atoms with Crippen molar-refractivity contribution in [1.82, 2.24) is 10.2 Å². The minimum Gasteiger partial charge on any atom is -0.496 e. The number of rotatable bonds is 9. The summed E-state index contributed by atoms with van der Waals surface area (Å²) in [6.07, 6.45) is 0. The van der Waals surface area contributed by atoms with Gasteiger partial charge in [0.2, 0.25) is 0 Å². The fraction of sp³-hybridized carbons (Fsp3) is 0.208. The van der Waals surface area contributed by atoms with Gasteiger partial charge in [-0.15, -0.1) is 0 Å². The molecule has 0 aliphatic rings. The monoisotopic (exact) mass is 453 g/mol. The van der Waals surface area contributed by atoms with Crippen molar-refractivity contribution in [3.8, 4) is 5.75 Å². The van der Waals surface area contributed by atoms with Crippen LogP contribution in [0.5, 0.6) is 5.75 Å². The molecule has 0 radical (unpaired) electrons. The third-order valence-electron chi connectivity index (χ3n) is 5.03. The predicted octanol–water partition coefficient (Wildman–Crippen LogP) is 3.53. The number of likely N-dealkylation sites (N-methyl/N-ethyl adjacent to an activating group) is 1. The molecule has 0 fully saturated rings. The number of para-hydroxylation sites is 1. The molecule has 0 spiro atoms. The molecule has 2 N–H and O–H groups in total. The molecule has 3 rings (SSSR count). The van der Waals surface area contributed by atoms with E-state index < -0.39 is 10.0 Å². The van der Waals surface area contributed by atoms with Crippen LogP contribution in [0.1, 0.15) is 22.0 Å². The van der Waals surface area contributed by atoms with Crippen molar-refractivity contribution in [2.75, 3.05) is 32.5 Å². The number of anilines is 1. The van der Waals surface area contributed by atoms with Crippen molar-refractivity contribution in [2.24, 2.45) is 0 Å². The molecule has 0 heterocycles. The van der Waals surface area contributed by atoms with E-state index in [9.17, 15) is 13.2 Å². The van der Waals surface area contributed by atoms with Gasteiger partial charge in [-0.25, -0.2) is 8.42 Å². The zero-order chi connectivity index (χ0) is 23.1. The van der Waals surface area contributed by atoms with Gasteiger partial charge in [-0.2, -0.15) is 0 Å². The maximum atomic E-state index is 12.7. The molecule has 32 heavy (non-hydrogen) atoms. The molecule has 0 bridgehead atoms. The normalized spacial score (nSPS) is 12.2. The number of ether oxygens (including phenoxy) is 1. The SMILES string of the molecule is COc1ccccc1C(CNC(=O)c1ccc(NS(=O)(=O)c2ccccc2)cc1)N(C)C. The van der Waals surface area contributed by atoms with Crippen LogP contribution >= 0.6 is 0 Å². The molecule has 0 saturated carbocycles. The lowest BCUT2D eigenvalue weighted by molar-refractivity contribution is 0.0941. The summed E-state index contributed by atoms with van der Waals surface area (Å²) in [4.78, 5) is 14.9. The third kappa shape index (κ3) is 5.66. The predicted molar refractivity (Wildman–Crippen MR) is 125 cm³/mol. The van der Waals surface area contributed by atoms with Crippen LogP contribution in [-0.4, -0.2) is 47.0 Å².